The first-order valence-electron chi connectivity index (χ1n) is 3.82. The van der Waals surface area contributed by atoms with E-state index >= 15 is 0 Å². The molecule has 0 heterocycles. The lowest BCUT2D eigenvalue weighted by Crippen LogP contribution is -2.43. The van der Waals surface area contributed by atoms with Gasteiger partial charge in [0.25, 0.3) is 0 Å². The van der Waals surface area contributed by atoms with Gasteiger partial charge in [-0.05, 0) is 6.92 Å². The first-order chi connectivity index (χ1) is 4.58. The molecule has 0 saturated heterocycles. The molecule has 0 aromatic rings. The van der Waals surface area contributed by atoms with Crippen LogP contribution >= 0.6 is 0 Å². The van der Waals surface area contributed by atoms with Crippen LogP contribution in [-0.2, 0) is 0 Å². The molecule has 0 aliphatic carbocycles. The van der Waals surface area contributed by atoms with E-state index in [1.165, 1.54) is 6.21 Å². The third kappa shape index (κ3) is 2.23. The Morgan fingerprint density at radius 2 is 1.90 bits per heavy atom. The number of aliphatic hydroxyl groups is 1. The lowest BCUT2D eigenvalue weighted by molar-refractivity contribution is 0.214. The van der Waals surface area contributed by atoms with Crippen molar-refractivity contribution < 1.29 is 5.11 Å². The molecule has 0 radical (unpaired) electrons. The molecule has 1 atom stereocenters. The highest BCUT2D eigenvalue weighted by Crippen LogP contribution is 2.12. The highest BCUT2D eigenvalue weighted by molar-refractivity contribution is 6.65. The summed E-state index contributed by atoms with van der Waals surface area (Å²) < 4.78 is 0. The van der Waals surface area contributed by atoms with Gasteiger partial charge in [0.15, 0.2) is 0 Å². The van der Waals surface area contributed by atoms with E-state index in [2.05, 4.69) is 13.8 Å². The van der Waals surface area contributed by atoms with E-state index in [1.807, 2.05) is 0 Å². The second-order valence-electron chi connectivity index (χ2n) is 2.88. The van der Waals surface area contributed by atoms with Crippen molar-refractivity contribution in [3.63, 3.8) is 0 Å². The Hall–Kier alpha value is -0.153. The van der Waals surface area contributed by atoms with Crippen LogP contribution in [0.2, 0.25) is 12.1 Å². The van der Waals surface area contributed by atoms with Crippen LogP contribution < -0.4 is 0 Å². The summed E-state index contributed by atoms with van der Waals surface area (Å²) in [7, 11) is -1.09. The van der Waals surface area contributed by atoms with Crippen molar-refractivity contribution in [2.24, 2.45) is 0 Å². The van der Waals surface area contributed by atoms with Gasteiger partial charge in [-0.1, -0.05) is 25.9 Å². The van der Waals surface area contributed by atoms with E-state index in [9.17, 15) is 5.11 Å². The summed E-state index contributed by atoms with van der Waals surface area (Å²) in [6.07, 6.45) is 1.19. The number of nitrogens with one attached hydrogen (secondary N) is 1. The highest BCUT2D eigenvalue weighted by atomic mass is 28.3. The van der Waals surface area contributed by atoms with Gasteiger partial charge < -0.3 is 10.5 Å². The normalized spacial score (nSPS) is 16.9. The van der Waals surface area contributed by atoms with Crippen LogP contribution in [0.4, 0.5) is 0 Å². The van der Waals surface area contributed by atoms with Crippen molar-refractivity contribution >= 4 is 15.0 Å². The van der Waals surface area contributed by atoms with Crippen LogP contribution in [0.25, 0.3) is 0 Å². The molecule has 1 unspecified atom stereocenters. The monoisotopic (exact) mass is 159 g/mol. The Morgan fingerprint density at radius 3 is 2.00 bits per heavy atom. The Labute approximate surface area is 64.4 Å². The number of hydrogen-bond donors (Lipinski definition) is 2. The predicted octanol–water partition coefficient (Wildman–Crippen LogP) is 1.19. The maximum atomic E-state index is 9.60. The minimum Gasteiger partial charge on any atom is -0.389 e. The Morgan fingerprint density at radius 1 is 1.50 bits per heavy atom. The molecule has 0 spiro atoms. The molecule has 3 heteroatoms. The average molecular weight is 159 g/mol. The fourth-order valence-electron chi connectivity index (χ4n) is 1.23. The van der Waals surface area contributed by atoms with Gasteiger partial charge in [0.2, 0.25) is 0 Å². The fourth-order valence-corrected chi connectivity index (χ4v) is 3.70. The molecule has 0 aliphatic rings. The van der Waals surface area contributed by atoms with Gasteiger partial charge in [-0.15, -0.1) is 0 Å². The third-order valence-corrected chi connectivity index (χ3v) is 5.90. The van der Waals surface area contributed by atoms with Crippen molar-refractivity contribution in [2.75, 3.05) is 0 Å². The average Bonchev–Trinajstić information content (AvgIpc) is 1.90. The number of hydrogen-bond acceptors (Lipinski definition) is 2. The first-order valence-corrected chi connectivity index (χ1v) is 6.03. The molecule has 0 bridgehead atoms. The Kier molecular flexibility index (Phi) is 3.82. The molecule has 2 N–H and O–H groups in total. The van der Waals surface area contributed by atoms with Crippen LogP contribution in [0.3, 0.4) is 0 Å². The molecule has 10 heavy (non-hydrogen) atoms. The van der Waals surface area contributed by atoms with Gasteiger partial charge >= 0.3 is 0 Å². The quantitative estimate of drug-likeness (QED) is 0.470. The molecular weight excluding hydrogens is 142 g/mol. The van der Waals surface area contributed by atoms with E-state index in [4.69, 9.17) is 5.41 Å². The maximum Gasteiger partial charge on any atom is 0.0822 e. The second kappa shape index (κ2) is 3.88. The third-order valence-electron chi connectivity index (χ3n) is 2.10. The summed E-state index contributed by atoms with van der Waals surface area (Å²) in [5, 5.41) is 15.8. The molecule has 0 amide bonds. The van der Waals surface area contributed by atoms with Crippen LogP contribution in [-0.4, -0.2) is 25.3 Å². The smallest absolute Gasteiger partial charge is 0.0822 e. The van der Waals surface area contributed by atoms with Crippen molar-refractivity contribution in [1.29, 1.82) is 5.41 Å². The summed E-state index contributed by atoms with van der Waals surface area (Å²) in [5.41, 5.74) is 0. The molecule has 0 aromatic heterocycles. The molecule has 0 aromatic carbocycles. The zero-order chi connectivity index (χ0) is 8.20. The highest BCUT2D eigenvalue weighted by Gasteiger charge is 2.27. The van der Waals surface area contributed by atoms with E-state index in [0.717, 1.165) is 12.1 Å². The Balaban J connectivity index is 4.10. The first kappa shape index (κ1) is 9.85. The van der Waals surface area contributed by atoms with Crippen molar-refractivity contribution in [2.45, 2.75) is 38.1 Å². The van der Waals surface area contributed by atoms with Crippen LogP contribution in [0.5, 0.6) is 0 Å². The summed E-state index contributed by atoms with van der Waals surface area (Å²) in [5.74, 6) is 0. The largest absolute Gasteiger partial charge is 0.389 e. The molecule has 0 aliphatic heterocycles. The molecule has 0 saturated carbocycles. The maximum absolute atomic E-state index is 9.60. The minimum absolute atomic E-state index is 0.760. The predicted molar refractivity (Wildman–Crippen MR) is 47.5 cm³/mol. The van der Waals surface area contributed by atoms with Gasteiger partial charge in [-0.2, -0.15) is 0 Å². The minimum atomic E-state index is -1.09. The summed E-state index contributed by atoms with van der Waals surface area (Å²) in [6, 6.07) is 2.14. The molecule has 0 rings (SSSR count). The van der Waals surface area contributed by atoms with E-state index < -0.39 is 14.0 Å². The summed E-state index contributed by atoms with van der Waals surface area (Å²) >= 11 is 0. The van der Waals surface area contributed by atoms with Crippen LogP contribution in [0.1, 0.15) is 20.8 Å². The molecular formula is C7H17NOSi. The van der Waals surface area contributed by atoms with E-state index in [0.29, 0.717) is 0 Å². The van der Waals surface area contributed by atoms with Gasteiger partial charge in [0.05, 0.1) is 14.0 Å². The van der Waals surface area contributed by atoms with E-state index in [1.54, 1.807) is 6.92 Å². The zero-order valence-electron chi connectivity index (χ0n) is 7.02. The van der Waals surface area contributed by atoms with Crippen molar-refractivity contribution in [1.82, 2.24) is 0 Å². The van der Waals surface area contributed by atoms with Gasteiger partial charge in [0.1, 0.15) is 0 Å². The summed E-state index contributed by atoms with van der Waals surface area (Å²) in [4.78, 5) is 0. The van der Waals surface area contributed by atoms with Crippen molar-refractivity contribution in [3.05, 3.63) is 0 Å². The lowest BCUT2D eigenvalue weighted by atomic mass is 10.4. The van der Waals surface area contributed by atoms with Crippen LogP contribution in [0.15, 0.2) is 0 Å². The molecule has 0 fully saturated rings. The number of rotatable bonds is 4. The second-order valence-corrected chi connectivity index (χ2v) is 7.08. The SMILES string of the molecule is CC[SiH](CC)C(C)(O)C=N. The van der Waals surface area contributed by atoms with Crippen LogP contribution in [0, 0.1) is 5.41 Å². The topological polar surface area (TPSA) is 44.1 Å². The standard InChI is InChI=1S/C7H17NOSi/c1-4-10(5-2)7(3,9)6-8/h6,8-10H,4-5H2,1-3H3. The molecule has 60 valence electrons. The van der Waals surface area contributed by atoms with Crippen molar-refractivity contribution in [3.8, 4) is 0 Å². The summed E-state index contributed by atoms with van der Waals surface area (Å²) in [6.45, 7) is 5.95. The lowest BCUT2D eigenvalue weighted by Gasteiger charge is -2.25. The van der Waals surface area contributed by atoms with Gasteiger partial charge in [-0.25, -0.2) is 0 Å². The van der Waals surface area contributed by atoms with Gasteiger partial charge in [0, 0.05) is 6.21 Å². The van der Waals surface area contributed by atoms with E-state index in [-0.39, 0.29) is 0 Å². The molecule has 2 nitrogen and oxygen atoms in total. The fraction of sp³-hybridized carbons (Fsp3) is 0.857. The zero-order valence-corrected chi connectivity index (χ0v) is 8.17. The van der Waals surface area contributed by atoms with Gasteiger partial charge in [-0.3, -0.25) is 0 Å². The Bertz CT molecular complexity index is 110.